The molecule has 2 aromatic heterocycles. The molecular formula is C21H23NO. The topological polar surface area (TPSA) is 21.5 Å². The molecule has 2 heteroatoms. The molecule has 1 aromatic carbocycles. The summed E-state index contributed by atoms with van der Waals surface area (Å²) in [6, 6.07) is 17.7. The van der Waals surface area contributed by atoms with Crippen LogP contribution in [0.2, 0.25) is 0 Å². The summed E-state index contributed by atoms with van der Waals surface area (Å²) in [5.74, 6) is 0.0895. The van der Waals surface area contributed by atoms with Crippen molar-refractivity contribution in [1.82, 2.24) is 4.40 Å². The Morgan fingerprint density at radius 3 is 2.52 bits per heavy atom. The predicted octanol–water partition coefficient (Wildman–Crippen LogP) is 5.29. The molecule has 3 aromatic rings. The van der Waals surface area contributed by atoms with E-state index in [0.717, 1.165) is 23.2 Å². The van der Waals surface area contributed by atoms with Crippen LogP contribution < -0.4 is 0 Å². The maximum absolute atomic E-state index is 12.8. The number of aromatic nitrogens is 1. The van der Waals surface area contributed by atoms with E-state index in [1.165, 1.54) is 31.2 Å². The second-order valence-corrected chi connectivity index (χ2v) is 6.02. The van der Waals surface area contributed by atoms with Crippen LogP contribution in [0.3, 0.4) is 0 Å². The van der Waals surface area contributed by atoms with Gasteiger partial charge in [0, 0.05) is 17.3 Å². The van der Waals surface area contributed by atoms with Gasteiger partial charge in [-0.1, -0.05) is 62.6 Å². The van der Waals surface area contributed by atoms with Crippen molar-refractivity contribution in [1.29, 1.82) is 0 Å². The number of nitrogens with zero attached hydrogens (tertiary/aromatic N) is 1. The highest BCUT2D eigenvalue weighted by molar-refractivity contribution is 6.08. The molecule has 0 saturated heterocycles. The number of rotatable bonds is 7. The fraction of sp³-hybridized carbons (Fsp3) is 0.286. The fourth-order valence-corrected chi connectivity index (χ4v) is 3.08. The zero-order valence-electron chi connectivity index (χ0n) is 13.7. The average molecular weight is 305 g/mol. The van der Waals surface area contributed by atoms with E-state index in [1.54, 1.807) is 0 Å². The number of carbonyl (C=O) groups excluding carboxylic acids is 1. The van der Waals surface area contributed by atoms with E-state index in [1.807, 2.05) is 53.1 Å². The molecule has 118 valence electrons. The van der Waals surface area contributed by atoms with Gasteiger partial charge in [-0.3, -0.25) is 4.79 Å². The molecule has 0 fully saturated rings. The van der Waals surface area contributed by atoms with Gasteiger partial charge in [0.25, 0.3) is 0 Å². The van der Waals surface area contributed by atoms with Crippen LogP contribution in [0.1, 0.15) is 54.2 Å². The molecule has 0 unspecified atom stereocenters. The summed E-state index contributed by atoms with van der Waals surface area (Å²) in [4.78, 5) is 12.8. The van der Waals surface area contributed by atoms with Crippen LogP contribution in [0.4, 0.5) is 0 Å². The number of ketones is 1. The van der Waals surface area contributed by atoms with Crippen molar-refractivity contribution in [2.24, 2.45) is 0 Å². The molecule has 0 amide bonds. The highest BCUT2D eigenvalue weighted by atomic mass is 16.1. The molecule has 0 radical (unpaired) electrons. The molecule has 0 saturated carbocycles. The van der Waals surface area contributed by atoms with Crippen molar-refractivity contribution < 1.29 is 4.79 Å². The maximum Gasteiger partial charge on any atom is 0.209 e. The van der Waals surface area contributed by atoms with Gasteiger partial charge in [0.1, 0.15) is 0 Å². The van der Waals surface area contributed by atoms with Crippen molar-refractivity contribution in [3.8, 4) is 0 Å². The van der Waals surface area contributed by atoms with Crippen LogP contribution in [0.15, 0.2) is 60.8 Å². The zero-order chi connectivity index (χ0) is 16.1. The van der Waals surface area contributed by atoms with E-state index in [9.17, 15) is 4.79 Å². The number of hydrogen-bond donors (Lipinski definition) is 0. The maximum atomic E-state index is 12.8. The van der Waals surface area contributed by atoms with Crippen molar-refractivity contribution in [3.05, 3.63) is 77.6 Å². The molecule has 0 aliphatic rings. The van der Waals surface area contributed by atoms with E-state index < -0.39 is 0 Å². The molecule has 2 heterocycles. The predicted molar refractivity (Wildman–Crippen MR) is 95.1 cm³/mol. The molecule has 2 nitrogen and oxygen atoms in total. The van der Waals surface area contributed by atoms with Gasteiger partial charge in [-0.15, -0.1) is 0 Å². The Labute approximate surface area is 137 Å². The lowest BCUT2D eigenvalue weighted by molar-refractivity contribution is 0.103. The van der Waals surface area contributed by atoms with Crippen LogP contribution in [-0.4, -0.2) is 10.2 Å². The smallest absolute Gasteiger partial charge is 0.209 e. The Kier molecular flexibility index (Phi) is 4.92. The number of hydrogen-bond acceptors (Lipinski definition) is 1. The van der Waals surface area contributed by atoms with Crippen molar-refractivity contribution in [2.75, 3.05) is 0 Å². The summed E-state index contributed by atoms with van der Waals surface area (Å²) < 4.78 is 2.03. The quantitative estimate of drug-likeness (QED) is 0.429. The average Bonchev–Trinajstić information content (AvgIpc) is 2.98. The van der Waals surface area contributed by atoms with Crippen LogP contribution in [0, 0.1) is 0 Å². The number of aryl methyl sites for hydroxylation is 1. The standard InChI is InChI=1S/C21H23NO/c1-2-3-4-6-13-18-16-20(22-15-10-9-14-19(18)22)21(23)17-11-7-5-8-12-17/h5,7-12,14-16H,2-4,6,13H2,1H3. The highest BCUT2D eigenvalue weighted by Crippen LogP contribution is 2.22. The lowest BCUT2D eigenvalue weighted by Gasteiger charge is -2.02. The van der Waals surface area contributed by atoms with Crippen molar-refractivity contribution in [2.45, 2.75) is 39.0 Å². The summed E-state index contributed by atoms with van der Waals surface area (Å²) >= 11 is 0. The van der Waals surface area contributed by atoms with E-state index in [-0.39, 0.29) is 5.78 Å². The molecule has 0 aliphatic heterocycles. The summed E-state index contributed by atoms with van der Waals surface area (Å²) in [6.45, 7) is 2.23. The largest absolute Gasteiger partial charge is 0.313 e. The SMILES string of the molecule is CCCCCCc1cc(C(=O)c2ccccc2)n2ccccc12. The first-order valence-electron chi connectivity index (χ1n) is 8.50. The number of unbranched alkanes of at least 4 members (excludes halogenated alkanes) is 3. The number of carbonyl (C=O) groups is 1. The minimum atomic E-state index is 0.0895. The van der Waals surface area contributed by atoms with Gasteiger partial charge >= 0.3 is 0 Å². The molecule has 0 bridgehead atoms. The van der Waals surface area contributed by atoms with Crippen molar-refractivity contribution in [3.63, 3.8) is 0 Å². The number of fused-ring (bicyclic) bond motifs is 1. The first kappa shape index (κ1) is 15.5. The van der Waals surface area contributed by atoms with Gasteiger partial charge in [0.2, 0.25) is 5.78 Å². The normalized spacial score (nSPS) is 11.0. The summed E-state index contributed by atoms with van der Waals surface area (Å²) in [7, 11) is 0. The van der Waals surface area contributed by atoms with E-state index in [2.05, 4.69) is 19.1 Å². The molecular weight excluding hydrogens is 282 g/mol. The van der Waals surface area contributed by atoms with E-state index >= 15 is 0 Å². The van der Waals surface area contributed by atoms with Gasteiger partial charge in [0.15, 0.2) is 0 Å². The van der Waals surface area contributed by atoms with Gasteiger partial charge < -0.3 is 4.40 Å². The number of pyridine rings is 1. The third kappa shape index (κ3) is 3.37. The van der Waals surface area contributed by atoms with Crippen molar-refractivity contribution >= 4 is 11.3 Å². The monoisotopic (exact) mass is 305 g/mol. The summed E-state index contributed by atoms with van der Waals surface area (Å²) in [5, 5.41) is 0. The molecule has 0 aliphatic carbocycles. The second-order valence-electron chi connectivity index (χ2n) is 6.02. The minimum Gasteiger partial charge on any atom is -0.313 e. The van der Waals surface area contributed by atoms with Gasteiger partial charge in [-0.05, 0) is 36.6 Å². The third-order valence-electron chi connectivity index (χ3n) is 4.33. The Balaban J connectivity index is 1.93. The van der Waals surface area contributed by atoms with E-state index in [0.29, 0.717) is 0 Å². The highest BCUT2D eigenvalue weighted by Gasteiger charge is 2.16. The third-order valence-corrected chi connectivity index (χ3v) is 4.33. The lowest BCUT2D eigenvalue weighted by atomic mass is 10.1. The number of benzene rings is 1. The van der Waals surface area contributed by atoms with Gasteiger partial charge in [-0.2, -0.15) is 0 Å². The Hall–Kier alpha value is -2.35. The lowest BCUT2D eigenvalue weighted by Crippen LogP contribution is -2.04. The van der Waals surface area contributed by atoms with Gasteiger partial charge in [-0.25, -0.2) is 0 Å². The minimum absolute atomic E-state index is 0.0895. The van der Waals surface area contributed by atoms with Crippen LogP contribution >= 0.6 is 0 Å². The molecule has 3 rings (SSSR count). The first-order valence-corrected chi connectivity index (χ1v) is 8.50. The van der Waals surface area contributed by atoms with Crippen LogP contribution in [0.5, 0.6) is 0 Å². The molecule has 0 atom stereocenters. The zero-order valence-corrected chi connectivity index (χ0v) is 13.7. The van der Waals surface area contributed by atoms with Crippen LogP contribution in [-0.2, 0) is 6.42 Å². The molecule has 0 spiro atoms. The molecule has 0 N–H and O–H groups in total. The second kappa shape index (κ2) is 7.28. The van der Waals surface area contributed by atoms with Crippen LogP contribution in [0.25, 0.3) is 5.52 Å². The Morgan fingerprint density at radius 2 is 1.74 bits per heavy atom. The fourth-order valence-electron chi connectivity index (χ4n) is 3.08. The summed E-state index contributed by atoms with van der Waals surface area (Å²) in [5.41, 5.74) is 3.94. The molecule has 23 heavy (non-hydrogen) atoms. The summed E-state index contributed by atoms with van der Waals surface area (Å²) in [6.07, 6.45) is 7.98. The van der Waals surface area contributed by atoms with E-state index in [4.69, 9.17) is 0 Å². The van der Waals surface area contributed by atoms with Gasteiger partial charge in [0.05, 0.1) is 5.69 Å². The Morgan fingerprint density at radius 1 is 0.957 bits per heavy atom. The first-order chi connectivity index (χ1) is 11.3. The Bertz CT molecular complexity index is 786.